The zero-order valence-corrected chi connectivity index (χ0v) is 16.2. The Morgan fingerprint density at radius 1 is 1.15 bits per heavy atom. The molecule has 0 unspecified atom stereocenters. The van der Waals surface area contributed by atoms with E-state index >= 15 is 0 Å². The fourth-order valence-corrected chi connectivity index (χ4v) is 4.18. The van der Waals surface area contributed by atoms with E-state index in [0.717, 1.165) is 24.1 Å². The quantitative estimate of drug-likeness (QED) is 0.697. The molecule has 2 aromatic rings. The molecule has 0 saturated heterocycles. The molecule has 0 aliphatic heterocycles. The van der Waals surface area contributed by atoms with Crippen LogP contribution in [0.1, 0.15) is 49.4 Å². The van der Waals surface area contributed by atoms with Crippen molar-refractivity contribution in [2.75, 3.05) is 11.9 Å². The van der Waals surface area contributed by atoms with Crippen molar-refractivity contribution in [3.63, 3.8) is 0 Å². The summed E-state index contributed by atoms with van der Waals surface area (Å²) in [4.78, 5) is 30.2. The van der Waals surface area contributed by atoms with Crippen LogP contribution in [0.3, 0.4) is 0 Å². The Kier molecular flexibility index (Phi) is 6.90. The average molecular weight is 379 g/mol. The highest BCUT2D eigenvalue weighted by Gasteiger charge is 2.20. The molecule has 2 heterocycles. The fourth-order valence-electron chi connectivity index (χ4n) is 2.87. The van der Waals surface area contributed by atoms with Crippen molar-refractivity contribution in [2.24, 2.45) is 5.92 Å². The Morgan fingerprint density at radius 3 is 2.42 bits per heavy atom. The monoisotopic (exact) mass is 379 g/mol. The average Bonchev–Trinajstić information content (AvgIpc) is 2.92. The number of carbonyl (C=O) groups is 2. The van der Waals surface area contributed by atoms with Gasteiger partial charge in [-0.1, -0.05) is 13.8 Å². The predicted molar refractivity (Wildman–Crippen MR) is 102 cm³/mol. The van der Waals surface area contributed by atoms with E-state index in [1.54, 1.807) is 0 Å². The number of hydrogen-bond donors (Lipinski definition) is 3. The molecule has 3 N–H and O–H groups in total. The molecule has 0 saturated carbocycles. The van der Waals surface area contributed by atoms with Gasteiger partial charge in [-0.25, -0.2) is 19.6 Å². The first-order valence-corrected chi connectivity index (χ1v) is 9.60. The van der Waals surface area contributed by atoms with Crippen LogP contribution in [0.5, 0.6) is 0 Å². The van der Waals surface area contributed by atoms with Crippen LogP contribution in [-0.2, 0) is 22.4 Å². The summed E-state index contributed by atoms with van der Waals surface area (Å²) < 4.78 is 0. The molecule has 0 aromatic carbocycles. The second-order valence-corrected chi connectivity index (χ2v) is 7.81. The van der Waals surface area contributed by atoms with E-state index in [2.05, 4.69) is 29.1 Å². The van der Waals surface area contributed by atoms with E-state index in [9.17, 15) is 0 Å². The third kappa shape index (κ3) is 5.14. The Balaban J connectivity index is 0.000000352. The zero-order valence-electron chi connectivity index (χ0n) is 15.3. The maximum absolute atomic E-state index is 9.10. The van der Waals surface area contributed by atoms with E-state index in [0.29, 0.717) is 0 Å². The predicted octanol–water partition coefficient (Wildman–Crippen LogP) is 3.49. The number of anilines is 1. The van der Waals surface area contributed by atoms with Crippen LogP contribution in [0.15, 0.2) is 0 Å². The summed E-state index contributed by atoms with van der Waals surface area (Å²) in [5.41, 5.74) is 1.52. The molecule has 7 nitrogen and oxygen atoms in total. The van der Waals surface area contributed by atoms with Crippen molar-refractivity contribution in [1.82, 2.24) is 9.97 Å². The molecule has 1 aliphatic rings. The van der Waals surface area contributed by atoms with Gasteiger partial charge in [-0.3, -0.25) is 0 Å². The number of aromatic nitrogens is 2. The highest BCUT2D eigenvalue weighted by atomic mass is 32.1. The number of carboxylic acids is 2. The minimum absolute atomic E-state index is 0.720. The summed E-state index contributed by atoms with van der Waals surface area (Å²) in [6.07, 6.45) is 6.22. The molecular formula is C18H25N3O4S. The van der Waals surface area contributed by atoms with Crippen LogP contribution in [0.25, 0.3) is 10.2 Å². The molecule has 26 heavy (non-hydrogen) atoms. The van der Waals surface area contributed by atoms with E-state index in [1.165, 1.54) is 52.8 Å². The molecule has 0 bridgehead atoms. The lowest BCUT2D eigenvalue weighted by molar-refractivity contribution is -0.159. The largest absolute Gasteiger partial charge is 0.473 e. The summed E-state index contributed by atoms with van der Waals surface area (Å²) in [5.74, 6) is -0.988. The molecule has 0 atom stereocenters. The second-order valence-electron chi connectivity index (χ2n) is 6.73. The van der Waals surface area contributed by atoms with Gasteiger partial charge in [0.05, 0.1) is 5.39 Å². The summed E-state index contributed by atoms with van der Waals surface area (Å²) in [6.45, 7) is 7.50. The maximum Gasteiger partial charge on any atom is 0.414 e. The highest BCUT2D eigenvalue weighted by Crippen LogP contribution is 2.38. The number of aliphatic carboxylic acids is 2. The third-order valence-corrected chi connectivity index (χ3v) is 5.31. The minimum atomic E-state index is -1.82. The summed E-state index contributed by atoms with van der Waals surface area (Å²) in [7, 11) is 0. The number of nitrogens with one attached hydrogen (secondary N) is 1. The summed E-state index contributed by atoms with van der Waals surface area (Å²) in [6, 6.07) is 0. The third-order valence-electron chi connectivity index (χ3n) is 4.12. The van der Waals surface area contributed by atoms with E-state index in [1.807, 2.05) is 18.3 Å². The summed E-state index contributed by atoms with van der Waals surface area (Å²) >= 11 is 1.88. The van der Waals surface area contributed by atoms with Gasteiger partial charge >= 0.3 is 11.9 Å². The fraction of sp³-hybridized carbons (Fsp3) is 0.556. The first kappa shape index (κ1) is 20.1. The molecule has 3 rings (SSSR count). The second kappa shape index (κ2) is 8.93. The molecule has 0 radical (unpaired) electrons. The van der Waals surface area contributed by atoms with Gasteiger partial charge in [0, 0.05) is 11.4 Å². The van der Waals surface area contributed by atoms with Gasteiger partial charge in [-0.05, 0) is 50.5 Å². The van der Waals surface area contributed by atoms with Gasteiger partial charge in [0.15, 0.2) is 0 Å². The van der Waals surface area contributed by atoms with Crippen molar-refractivity contribution < 1.29 is 19.8 Å². The number of hydrogen-bond acceptors (Lipinski definition) is 6. The summed E-state index contributed by atoms with van der Waals surface area (Å²) in [5, 5.41) is 19.6. The number of nitrogens with zero attached hydrogens (tertiary/aromatic N) is 2. The minimum Gasteiger partial charge on any atom is -0.473 e. The lowest BCUT2D eigenvalue weighted by Gasteiger charge is -2.13. The molecule has 1 aliphatic carbocycles. The molecule has 8 heteroatoms. The number of aryl methyl sites for hydroxylation is 3. The van der Waals surface area contributed by atoms with Crippen LogP contribution in [0, 0.1) is 12.8 Å². The zero-order chi connectivity index (χ0) is 19.3. The van der Waals surface area contributed by atoms with E-state index in [4.69, 9.17) is 19.8 Å². The lowest BCUT2D eigenvalue weighted by atomic mass is 9.97. The van der Waals surface area contributed by atoms with Gasteiger partial charge in [-0.15, -0.1) is 11.3 Å². The number of fused-ring (bicyclic) bond motifs is 3. The highest BCUT2D eigenvalue weighted by molar-refractivity contribution is 7.19. The number of carboxylic acid groups (broad SMARTS) is 2. The molecule has 142 valence electrons. The number of thiophene rings is 1. The maximum atomic E-state index is 9.10. The van der Waals surface area contributed by atoms with Crippen molar-refractivity contribution in [2.45, 2.75) is 52.9 Å². The van der Waals surface area contributed by atoms with Crippen molar-refractivity contribution in [3.8, 4) is 0 Å². The van der Waals surface area contributed by atoms with Gasteiger partial charge in [0.1, 0.15) is 16.5 Å². The Labute approximate surface area is 156 Å². The molecule has 0 fully saturated rings. The van der Waals surface area contributed by atoms with Gasteiger partial charge in [-0.2, -0.15) is 0 Å². The van der Waals surface area contributed by atoms with Crippen LogP contribution < -0.4 is 5.32 Å². The smallest absolute Gasteiger partial charge is 0.414 e. The topological polar surface area (TPSA) is 112 Å². The Hall–Kier alpha value is -2.22. The van der Waals surface area contributed by atoms with Crippen LogP contribution in [-0.4, -0.2) is 38.7 Å². The van der Waals surface area contributed by atoms with Gasteiger partial charge in [0.2, 0.25) is 0 Å². The SMILES string of the molecule is Cc1nc(NCCC(C)C)c2c3c(sc2n1)CCCC3.O=C(O)C(=O)O. The van der Waals surface area contributed by atoms with Gasteiger partial charge < -0.3 is 15.5 Å². The molecule has 2 aromatic heterocycles. The van der Waals surface area contributed by atoms with Crippen molar-refractivity contribution in [1.29, 1.82) is 0 Å². The standard InChI is InChI=1S/C16H23N3S.C2H2O4/c1-10(2)8-9-17-15-14-12-6-4-5-7-13(12)20-16(14)19-11(3)18-15;3-1(4)2(5)6/h10H,4-9H2,1-3H3,(H,17,18,19);(H,3,4)(H,5,6). The molecular weight excluding hydrogens is 354 g/mol. The lowest BCUT2D eigenvalue weighted by Crippen LogP contribution is -2.09. The van der Waals surface area contributed by atoms with Gasteiger partial charge in [0.25, 0.3) is 0 Å². The Bertz CT molecular complexity index is 789. The van der Waals surface area contributed by atoms with Crippen LogP contribution >= 0.6 is 11.3 Å². The van der Waals surface area contributed by atoms with E-state index < -0.39 is 11.9 Å². The van der Waals surface area contributed by atoms with Crippen LogP contribution in [0.4, 0.5) is 5.82 Å². The molecule has 0 spiro atoms. The Morgan fingerprint density at radius 2 is 1.81 bits per heavy atom. The molecule has 0 amide bonds. The number of rotatable bonds is 4. The first-order chi connectivity index (χ1) is 12.3. The van der Waals surface area contributed by atoms with E-state index in [-0.39, 0.29) is 0 Å². The van der Waals surface area contributed by atoms with Crippen molar-refractivity contribution in [3.05, 3.63) is 16.3 Å². The van der Waals surface area contributed by atoms with Crippen LogP contribution in [0.2, 0.25) is 0 Å². The first-order valence-electron chi connectivity index (χ1n) is 8.78. The van der Waals surface area contributed by atoms with Crippen molar-refractivity contribution >= 4 is 39.3 Å². The normalized spacial score (nSPS) is 13.1.